The van der Waals surface area contributed by atoms with Gasteiger partial charge in [-0.2, -0.15) is 0 Å². The molecule has 7 nitrogen and oxygen atoms in total. The van der Waals surface area contributed by atoms with Crippen LogP contribution in [0.5, 0.6) is 0 Å². The van der Waals surface area contributed by atoms with E-state index in [4.69, 9.17) is 4.42 Å². The Morgan fingerprint density at radius 3 is 1.86 bits per heavy atom. The van der Waals surface area contributed by atoms with Gasteiger partial charge in [-0.1, -0.05) is 12.1 Å². The smallest absolute Gasteiger partial charge is 0.291 e. The fourth-order valence-corrected chi connectivity index (χ4v) is 3.33. The molecular weight excluding hydrogens is 449 g/mol. The number of furan rings is 1. The monoisotopic (exact) mass is 471 g/mol. The Hall–Kier alpha value is -4.72. The molecule has 176 valence electrons. The molecule has 0 saturated heterocycles. The molecule has 3 aromatic carbocycles. The van der Waals surface area contributed by atoms with Crippen LogP contribution in [0.1, 0.15) is 49.8 Å². The van der Waals surface area contributed by atoms with E-state index in [1.807, 2.05) is 6.92 Å². The maximum absolute atomic E-state index is 13.0. The van der Waals surface area contributed by atoms with Gasteiger partial charge in [-0.25, -0.2) is 4.39 Å². The van der Waals surface area contributed by atoms with Crippen LogP contribution in [0.4, 0.5) is 15.8 Å². The van der Waals surface area contributed by atoms with Gasteiger partial charge in [-0.3, -0.25) is 14.4 Å². The quantitative estimate of drug-likeness (QED) is 0.335. The van der Waals surface area contributed by atoms with E-state index in [0.29, 0.717) is 22.5 Å². The zero-order valence-corrected chi connectivity index (χ0v) is 18.7. The molecule has 8 heteroatoms. The van der Waals surface area contributed by atoms with Crippen LogP contribution in [0.2, 0.25) is 0 Å². The highest BCUT2D eigenvalue weighted by atomic mass is 19.1. The number of halogens is 1. The lowest BCUT2D eigenvalue weighted by atomic mass is 10.1. The molecule has 1 unspecified atom stereocenters. The minimum Gasteiger partial charge on any atom is -0.459 e. The molecule has 1 aromatic heterocycles. The van der Waals surface area contributed by atoms with E-state index >= 15 is 0 Å². The molecule has 1 heterocycles. The Morgan fingerprint density at radius 1 is 0.714 bits per heavy atom. The second-order valence-corrected chi connectivity index (χ2v) is 7.79. The fourth-order valence-electron chi connectivity index (χ4n) is 3.33. The van der Waals surface area contributed by atoms with Crippen molar-refractivity contribution in [3.8, 4) is 0 Å². The van der Waals surface area contributed by atoms with Crippen LogP contribution in [-0.2, 0) is 0 Å². The first-order valence-electron chi connectivity index (χ1n) is 10.8. The summed E-state index contributed by atoms with van der Waals surface area (Å²) >= 11 is 0. The topological polar surface area (TPSA) is 100 Å². The summed E-state index contributed by atoms with van der Waals surface area (Å²) in [5, 5.41) is 8.37. The average molecular weight is 471 g/mol. The van der Waals surface area contributed by atoms with Gasteiger partial charge in [0.05, 0.1) is 12.3 Å². The van der Waals surface area contributed by atoms with Gasteiger partial charge in [0.2, 0.25) is 0 Å². The minimum absolute atomic E-state index is 0.196. The summed E-state index contributed by atoms with van der Waals surface area (Å²) in [6.07, 6.45) is 1.42. The third-order valence-corrected chi connectivity index (χ3v) is 5.27. The van der Waals surface area contributed by atoms with E-state index in [1.54, 1.807) is 60.7 Å². The molecule has 0 radical (unpaired) electrons. The predicted molar refractivity (Wildman–Crippen MR) is 130 cm³/mol. The Bertz CT molecular complexity index is 1320. The van der Waals surface area contributed by atoms with Crippen molar-refractivity contribution < 1.29 is 23.2 Å². The van der Waals surface area contributed by atoms with Gasteiger partial charge >= 0.3 is 0 Å². The highest BCUT2D eigenvalue weighted by Crippen LogP contribution is 2.18. The third-order valence-electron chi connectivity index (χ3n) is 5.27. The zero-order valence-electron chi connectivity index (χ0n) is 18.7. The predicted octanol–water partition coefficient (Wildman–Crippen LogP) is 5.41. The van der Waals surface area contributed by atoms with Crippen molar-refractivity contribution in [3.05, 3.63) is 119 Å². The van der Waals surface area contributed by atoms with Crippen molar-refractivity contribution in [1.82, 2.24) is 5.32 Å². The van der Waals surface area contributed by atoms with Crippen molar-refractivity contribution in [2.24, 2.45) is 0 Å². The van der Waals surface area contributed by atoms with Crippen molar-refractivity contribution in [2.75, 3.05) is 10.6 Å². The van der Waals surface area contributed by atoms with E-state index in [0.717, 1.165) is 5.56 Å². The Morgan fingerprint density at radius 2 is 1.26 bits per heavy atom. The van der Waals surface area contributed by atoms with Crippen molar-refractivity contribution in [1.29, 1.82) is 0 Å². The van der Waals surface area contributed by atoms with Gasteiger partial charge in [0.15, 0.2) is 5.76 Å². The highest BCUT2D eigenvalue weighted by molar-refractivity contribution is 6.04. The first kappa shape index (κ1) is 23.4. The van der Waals surface area contributed by atoms with Crippen LogP contribution < -0.4 is 16.0 Å². The Kier molecular flexibility index (Phi) is 7.02. The second-order valence-electron chi connectivity index (χ2n) is 7.79. The van der Waals surface area contributed by atoms with E-state index in [9.17, 15) is 18.8 Å². The van der Waals surface area contributed by atoms with Gasteiger partial charge in [0.25, 0.3) is 17.7 Å². The van der Waals surface area contributed by atoms with Crippen molar-refractivity contribution in [3.63, 3.8) is 0 Å². The third kappa shape index (κ3) is 6.00. The Balaban J connectivity index is 1.32. The van der Waals surface area contributed by atoms with E-state index in [-0.39, 0.29) is 29.5 Å². The van der Waals surface area contributed by atoms with Gasteiger partial charge in [-0.15, -0.1) is 0 Å². The molecule has 0 aliphatic rings. The van der Waals surface area contributed by atoms with Crippen molar-refractivity contribution in [2.45, 2.75) is 13.0 Å². The number of carbonyl (C=O) groups excluding carboxylic acids is 3. The lowest BCUT2D eigenvalue weighted by Crippen LogP contribution is -2.26. The summed E-state index contributed by atoms with van der Waals surface area (Å²) in [5.74, 6) is -1.20. The summed E-state index contributed by atoms with van der Waals surface area (Å²) in [6.45, 7) is 1.85. The standard InChI is InChI=1S/C27H22FN3O4/c1-17(18-6-12-22(13-7-18)30-26(33)19-4-10-21(28)11-5-19)29-25(32)20-8-14-23(15-9-20)31-27(34)24-3-2-16-35-24/h2-17H,1H3,(H,29,32)(H,30,33)(H,31,34). The van der Waals surface area contributed by atoms with Crippen LogP contribution >= 0.6 is 0 Å². The fraction of sp³-hybridized carbons (Fsp3) is 0.0741. The molecule has 4 aromatic rings. The van der Waals surface area contributed by atoms with Crippen molar-refractivity contribution >= 4 is 29.1 Å². The summed E-state index contributed by atoms with van der Waals surface area (Å²) < 4.78 is 18.1. The first-order chi connectivity index (χ1) is 16.9. The molecule has 0 fully saturated rings. The van der Waals surface area contributed by atoms with Gasteiger partial charge in [0, 0.05) is 22.5 Å². The molecule has 0 bridgehead atoms. The molecule has 0 aliphatic heterocycles. The van der Waals surface area contributed by atoms with E-state index < -0.39 is 5.82 Å². The number of nitrogens with one attached hydrogen (secondary N) is 3. The molecule has 35 heavy (non-hydrogen) atoms. The van der Waals surface area contributed by atoms with Gasteiger partial charge in [0.1, 0.15) is 5.82 Å². The maximum atomic E-state index is 13.0. The Labute approximate surface area is 201 Å². The average Bonchev–Trinajstić information content (AvgIpc) is 3.40. The minimum atomic E-state index is -0.408. The molecule has 4 rings (SSSR count). The van der Waals surface area contributed by atoms with Gasteiger partial charge < -0.3 is 20.4 Å². The largest absolute Gasteiger partial charge is 0.459 e. The molecule has 1 atom stereocenters. The molecule has 0 spiro atoms. The number of hydrogen-bond acceptors (Lipinski definition) is 4. The number of amides is 3. The molecular formula is C27H22FN3O4. The van der Waals surface area contributed by atoms with E-state index in [2.05, 4.69) is 16.0 Å². The number of benzene rings is 3. The maximum Gasteiger partial charge on any atom is 0.291 e. The summed E-state index contributed by atoms with van der Waals surface area (Å²) in [5.41, 5.74) is 2.75. The number of anilines is 2. The summed E-state index contributed by atoms with van der Waals surface area (Å²) in [4.78, 5) is 37.0. The zero-order chi connectivity index (χ0) is 24.8. The molecule has 3 amide bonds. The molecule has 3 N–H and O–H groups in total. The molecule has 0 saturated carbocycles. The van der Waals surface area contributed by atoms with Crippen LogP contribution in [-0.4, -0.2) is 17.7 Å². The number of hydrogen-bond donors (Lipinski definition) is 3. The molecule has 0 aliphatic carbocycles. The highest BCUT2D eigenvalue weighted by Gasteiger charge is 2.13. The second kappa shape index (κ2) is 10.5. The lowest BCUT2D eigenvalue weighted by Gasteiger charge is -2.15. The normalized spacial score (nSPS) is 11.4. The first-order valence-corrected chi connectivity index (χ1v) is 10.8. The van der Waals surface area contributed by atoms with Gasteiger partial charge in [-0.05, 0) is 85.3 Å². The van der Waals surface area contributed by atoms with Crippen LogP contribution in [0.25, 0.3) is 0 Å². The lowest BCUT2D eigenvalue weighted by molar-refractivity contribution is 0.0938. The SMILES string of the molecule is CC(NC(=O)c1ccc(NC(=O)c2ccco2)cc1)c1ccc(NC(=O)c2ccc(F)cc2)cc1. The van der Waals surface area contributed by atoms with Crippen LogP contribution in [0.15, 0.2) is 95.6 Å². The summed E-state index contributed by atoms with van der Waals surface area (Å²) in [6, 6.07) is 21.8. The van der Waals surface area contributed by atoms with E-state index in [1.165, 1.54) is 30.5 Å². The summed E-state index contributed by atoms with van der Waals surface area (Å²) in [7, 11) is 0. The van der Waals surface area contributed by atoms with Crippen LogP contribution in [0.3, 0.4) is 0 Å². The number of rotatable bonds is 7. The number of carbonyl (C=O) groups is 3. The van der Waals surface area contributed by atoms with Crippen LogP contribution in [0, 0.1) is 5.82 Å².